The number of alkyl halides is 3. The van der Waals surface area contributed by atoms with E-state index in [-0.39, 0.29) is 10.5 Å². The molecule has 20 heavy (non-hydrogen) atoms. The van der Waals surface area contributed by atoms with Gasteiger partial charge >= 0.3 is 6.18 Å². The van der Waals surface area contributed by atoms with Crippen molar-refractivity contribution in [2.75, 3.05) is 11.1 Å². The zero-order chi connectivity index (χ0) is 14.9. The molecular formula is C13H14BrF3N2S. The van der Waals surface area contributed by atoms with Crippen LogP contribution in [0.2, 0.25) is 0 Å². The lowest BCUT2D eigenvalue weighted by atomic mass is 10.1. The summed E-state index contributed by atoms with van der Waals surface area (Å²) >= 11 is 4.46. The molecule has 1 aliphatic rings. The highest BCUT2D eigenvalue weighted by atomic mass is 79.9. The maximum atomic E-state index is 12.8. The van der Waals surface area contributed by atoms with Crippen molar-refractivity contribution in [3.8, 4) is 0 Å². The van der Waals surface area contributed by atoms with Gasteiger partial charge in [0.15, 0.2) is 5.17 Å². The number of anilines is 1. The number of nitrogens with zero attached hydrogens (tertiary/aromatic N) is 1. The molecule has 1 N–H and O–H groups in total. The number of halogens is 4. The molecule has 1 aromatic rings. The highest BCUT2D eigenvalue weighted by Crippen LogP contribution is 2.36. The first kappa shape index (κ1) is 15.7. The third-order valence-corrected chi connectivity index (χ3v) is 5.02. The van der Waals surface area contributed by atoms with Crippen LogP contribution in [0.3, 0.4) is 0 Å². The molecule has 0 aromatic heterocycles. The predicted molar refractivity (Wildman–Crippen MR) is 81.3 cm³/mol. The maximum Gasteiger partial charge on any atom is 0.417 e. The van der Waals surface area contributed by atoms with Crippen LogP contribution in [-0.2, 0) is 6.18 Å². The largest absolute Gasteiger partial charge is 0.417 e. The molecule has 2 unspecified atom stereocenters. The summed E-state index contributed by atoms with van der Waals surface area (Å²) in [6.07, 6.45) is -4.38. The summed E-state index contributed by atoms with van der Waals surface area (Å²) in [5, 5.41) is 3.64. The Balaban J connectivity index is 2.21. The molecule has 0 spiro atoms. The zero-order valence-corrected chi connectivity index (χ0v) is 13.4. The number of aliphatic imine (C=N–C) groups is 1. The van der Waals surface area contributed by atoms with Crippen molar-refractivity contribution in [3.63, 3.8) is 0 Å². The molecule has 2 rings (SSSR count). The Hall–Kier alpha value is -0.690. The van der Waals surface area contributed by atoms with Gasteiger partial charge in [-0.05, 0) is 31.0 Å². The molecule has 1 heterocycles. The highest BCUT2D eigenvalue weighted by Gasteiger charge is 2.33. The van der Waals surface area contributed by atoms with Crippen molar-refractivity contribution in [3.05, 3.63) is 28.2 Å². The SMILES string of the molecule is CC1CSC(Nc2ccc(Br)c(C(F)(F)F)c2)=NC1C. The molecule has 0 fully saturated rings. The fraction of sp³-hybridized carbons (Fsp3) is 0.462. The van der Waals surface area contributed by atoms with Crippen LogP contribution in [-0.4, -0.2) is 17.0 Å². The Morgan fingerprint density at radius 1 is 1.35 bits per heavy atom. The second-order valence-corrected chi connectivity index (χ2v) is 6.64. The Bertz CT molecular complexity index is 531. The van der Waals surface area contributed by atoms with Gasteiger partial charge in [-0.3, -0.25) is 4.99 Å². The Kier molecular flexibility index (Phi) is 4.69. The normalized spacial score (nSPS) is 23.4. The number of hydrogen-bond donors (Lipinski definition) is 1. The average Bonchev–Trinajstić information content (AvgIpc) is 2.35. The van der Waals surface area contributed by atoms with Crippen LogP contribution in [0.5, 0.6) is 0 Å². The first-order valence-corrected chi connectivity index (χ1v) is 7.89. The molecule has 1 aliphatic heterocycles. The third-order valence-electron chi connectivity index (χ3n) is 3.15. The Morgan fingerprint density at radius 2 is 2.05 bits per heavy atom. The molecule has 0 amide bonds. The fourth-order valence-corrected chi connectivity index (χ4v) is 3.31. The van der Waals surface area contributed by atoms with Gasteiger partial charge in [0.1, 0.15) is 0 Å². The van der Waals surface area contributed by atoms with Gasteiger partial charge in [-0.1, -0.05) is 34.6 Å². The smallest absolute Gasteiger partial charge is 0.335 e. The monoisotopic (exact) mass is 366 g/mol. The van der Waals surface area contributed by atoms with Crippen LogP contribution >= 0.6 is 27.7 Å². The summed E-state index contributed by atoms with van der Waals surface area (Å²) < 4.78 is 38.5. The van der Waals surface area contributed by atoms with E-state index in [0.717, 1.165) is 11.8 Å². The summed E-state index contributed by atoms with van der Waals surface area (Å²) in [5.74, 6) is 1.39. The number of hydrogen-bond acceptors (Lipinski definition) is 3. The van der Waals surface area contributed by atoms with Crippen LogP contribution in [0.25, 0.3) is 0 Å². The molecule has 7 heteroatoms. The van der Waals surface area contributed by atoms with E-state index in [2.05, 4.69) is 33.2 Å². The molecular weight excluding hydrogens is 353 g/mol. The van der Waals surface area contributed by atoms with E-state index in [0.29, 0.717) is 16.8 Å². The Morgan fingerprint density at radius 3 is 2.65 bits per heavy atom. The molecule has 0 bridgehead atoms. The number of nitrogens with one attached hydrogen (secondary N) is 1. The van der Waals surface area contributed by atoms with Gasteiger partial charge < -0.3 is 5.32 Å². The van der Waals surface area contributed by atoms with E-state index < -0.39 is 11.7 Å². The van der Waals surface area contributed by atoms with Gasteiger partial charge in [0.2, 0.25) is 0 Å². The summed E-state index contributed by atoms with van der Waals surface area (Å²) in [7, 11) is 0. The third kappa shape index (κ3) is 3.69. The molecule has 0 aliphatic carbocycles. The summed E-state index contributed by atoms with van der Waals surface area (Å²) in [6.45, 7) is 4.12. The number of benzene rings is 1. The average molecular weight is 367 g/mol. The van der Waals surface area contributed by atoms with E-state index in [1.165, 1.54) is 17.8 Å². The maximum absolute atomic E-state index is 12.8. The van der Waals surface area contributed by atoms with Crippen LogP contribution in [0.1, 0.15) is 19.4 Å². The molecule has 0 saturated carbocycles. The van der Waals surface area contributed by atoms with Crippen molar-refractivity contribution in [2.24, 2.45) is 10.9 Å². The van der Waals surface area contributed by atoms with Gasteiger partial charge in [-0.15, -0.1) is 0 Å². The lowest BCUT2D eigenvalue weighted by Gasteiger charge is -2.24. The molecule has 0 saturated heterocycles. The molecule has 1 aromatic carbocycles. The minimum absolute atomic E-state index is 0.0378. The van der Waals surface area contributed by atoms with Gasteiger partial charge in [0.05, 0.1) is 11.6 Å². The zero-order valence-electron chi connectivity index (χ0n) is 11.0. The van der Waals surface area contributed by atoms with Gasteiger partial charge in [-0.2, -0.15) is 13.2 Å². The van der Waals surface area contributed by atoms with E-state index in [4.69, 9.17) is 0 Å². The van der Waals surface area contributed by atoms with Crippen molar-refractivity contribution >= 4 is 38.5 Å². The van der Waals surface area contributed by atoms with Crippen molar-refractivity contribution in [1.82, 2.24) is 0 Å². The molecule has 0 radical (unpaired) electrons. The van der Waals surface area contributed by atoms with Gasteiger partial charge in [0.25, 0.3) is 0 Å². The van der Waals surface area contributed by atoms with E-state index >= 15 is 0 Å². The van der Waals surface area contributed by atoms with Gasteiger partial charge in [0, 0.05) is 15.9 Å². The van der Waals surface area contributed by atoms with Crippen LogP contribution < -0.4 is 5.32 Å². The van der Waals surface area contributed by atoms with Crippen molar-refractivity contribution < 1.29 is 13.2 Å². The molecule has 110 valence electrons. The standard InChI is InChI=1S/C13H14BrF3N2S/c1-7-6-20-12(18-8(7)2)19-9-3-4-11(14)10(5-9)13(15,16)17/h3-5,7-8H,6H2,1-2H3,(H,18,19). The quantitative estimate of drug-likeness (QED) is 0.755. The van der Waals surface area contributed by atoms with Crippen LogP contribution in [0, 0.1) is 5.92 Å². The molecule has 2 nitrogen and oxygen atoms in total. The Labute approximate surface area is 128 Å². The van der Waals surface area contributed by atoms with Crippen LogP contribution in [0.4, 0.5) is 18.9 Å². The first-order chi connectivity index (χ1) is 9.27. The van der Waals surface area contributed by atoms with Crippen molar-refractivity contribution in [1.29, 1.82) is 0 Å². The first-order valence-electron chi connectivity index (χ1n) is 6.11. The van der Waals surface area contributed by atoms with E-state index in [9.17, 15) is 13.2 Å². The fourth-order valence-electron chi connectivity index (χ4n) is 1.71. The lowest BCUT2D eigenvalue weighted by molar-refractivity contribution is -0.138. The van der Waals surface area contributed by atoms with E-state index in [1.54, 1.807) is 6.07 Å². The van der Waals surface area contributed by atoms with Gasteiger partial charge in [-0.25, -0.2) is 0 Å². The topological polar surface area (TPSA) is 24.4 Å². The van der Waals surface area contributed by atoms with E-state index in [1.807, 2.05) is 6.92 Å². The summed E-state index contributed by atoms with van der Waals surface area (Å²) in [4.78, 5) is 4.45. The highest BCUT2D eigenvalue weighted by molar-refractivity contribution is 9.10. The second kappa shape index (κ2) is 5.97. The number of amidine groups is 1. The summed E-state index contributed by atoms with van der Waals surface area (Å²) in [6, 6.07) is 4.27. The number of thioether (sulfide) groups is 1. The minimum Gasteiger partial charge on any atom is -0.335 e. The number of rotatable bonds is 1. The molecule has 2 atom stereocenters. The minimum atomic E-state index is -4.38. The van der Waals surface area contributed by atoms with Crippen molar-refractivity contribution in [2.45, 2.75) is 26.1 Å². The predicted octanol–water partition coefficient (Wildman–Crippen LogP) is 5.01. The summed E-state index contributed by atoms with van der Waals surface area (Å²) in [5.41, 5.74) is -0.293. The van der Waals surface area contributed by atoms with Crippen LogP contribution in [0.15, 0.2) is 27.7 Å². The second-order valence-electron chi connectivity index (χ2n) is 4.78. The lowest BCUT2D eigenvalue weighted by Crippen LogP contribution is -2.25.